The van der Waals surface area contributed by atoms with Crippen molar-refractivity contribution in [3.05, 3.63) is 0 Å². The quantitative estimate of drug-likeness (QED) is 0.168. The lowest BCUT2D eigenvalue weighted by Gasteiger charge is -2.68. The molecule has 12 atom stereocenters. The fourth-order valence-electron chi connectivity index (χ4n) is 8.26. The molecule has 3 fully saturated rings. The van der Waals surface area contributed by atoms with Crippen LogP contribution in [0.4, 0.5) is 0 Å². The third-order valence-electron chi connectivity index (χ3n) is 14.3. The van der Waals surface area contributed by atoms with Gasteiger partial charge in [0.2, 0.25) is 0 Å². The van der Waals surface area contributed by atoms with Crippen LogP contribution in [-0.2, 0) is 23.7 Å². The van der Waals surface area contributed by atoms with Gasteiger partial charge in [0.15, 0.2) is 0 Å². The normalized spacial score (nSPS) is 55.4. The number of hydrogen-bond donors (Lipinski definition) is 8. The standard InChI is InChI=1S/C35H66O13/c1-23(2)22(30(10,38)26(6,37)19-46-23)16-44-20-28(8)25(5,32(12,40)33(13,41)27(7,17-36)48-28)18-45-21-29(9)34(14,42)35(15,43)31(11,39)24(3,4)47-29/h22,36-43H,16-21H2,1-15H3/t22-,25?,26?,27?,28+,29+,30+,31?,32+,33-,34?,35+/m1/s1. The maximum Gasteiger partial charge on any atom is 0.124 e. The maximum atomic E-state index is 12.3. The number of rotatable bonds is 9. The van der Waals surface area contributed by atoms with Crippen LogP contribution in [0, 0.1) is 11.3 Å². The molecule has 48 heavy (non-hydrogen) atoms. The highest BCUT2D eigenvalue weighted by molar-refractivity contribution is 5.24. The van der Waals surface area contributed by atoms with Gasteiger partial charge in [0, 0.05) is 5.92 Å². The van der Waals surface area contributed by atoms with Crippen molar-refractivity contribution in [3.8, 4) is 0 Å². The van der Waals surface area contributed by atoms with Crippen LogP contribution in [-0.4, -0.2) is 148 Å². The number of hydrogen-bond acceptors (Lipinski definition) is 13. The predicted octanol–water partition coefficient (Wildman–Crippen LogP) is 0.815. The number of aliphatic hydroxyl groups is 8. The van der Waals surface area contributed by atoms with Crippen LogP contribution in [0.15, 0.2) is 0 Å². The van der Waals surface area contributed by atoms with E-state index in [1.807, 2.05) is 0 Å². The van der Waals surface area contributed by atoms with Crippen molar-refractivity contribution >= 4 is 0 Å². The van der Waals surface area contributed by atoms with Crippen LogP contribution in [0.25, 0.3) is 0 Å². The highest BCUT2D eigenvalue weighted by atomic mass is 16.6. The Labute approximate surface area is 286 Å². The van der Waals surface area contributed by atoms with Gasteiger partial charge in [-0.25, -0.2) is 0 Å². The topological polar surface area (TPSA) is 208 Å². The zero-order valence-corrected chi connectivity index (χ0v) is 31.9. The molecule has 13 heteroatoms. The second-order valence-electron chi connectivity index (χ2n) is 18.1. The average Bonchev–Trinajstić information content (AvgIpc) is 2.91. The molecule has 3 aliphatic heterocycles. The van der Waals surface area contributed by atoms with E-state index in [2.05, 4.69) is 0 Å². The summed E-state index contributed by atoms with van der Waals surface area (Å²) in [4.78, 5) is 0. The number of ether oxygens (including phenoxy) is 5. The Bertz CT molecular complexity index is 1200. The van der Waals surface area contributed by atoms with E-state index in [0.29, 0.717) is 0 Å². The Morgan fingerprint density at radius 2 is 1.02 bits per heavy atom. The molecule has 0 aliphatic carbocycles. The van der Waals surface area contributed by atoms with Gasteiger partial charge in [-0.1, -0.05) is 6.92 Å². The lowest BCUT2D eigenvalue weighted by molar-refractivity contribution is -0.411. The molecule has 284 valence electrons. The number of aliphatic hydroxyl groups excluding tert-OH is 1. The summed E-state index contributed by atoms with van der Waals surface area (Å²) in [5, 5.41) is 91.6. The summed E-state index contributed by atoms with van der Waals surface area (Å²) in [6, 6.07) is 0. The second kappa shape index (κ2) is 11.5. The van der Waals surface area contributed by atoms with Crippen molar-refractivity contribution in [3.63, 3.8) is 0 Å². The van der Waals surface area contributed by atoms with E-state index in [1.165, 1.54) is 55.4 Å². The highest BCUT2D eigenvalue weighted by Crippen LogP contribution is 2.59. The first-order chi connectivity index (χ1) is 21.0. The van der Waals surface area contributed by atoms with Gasteiger partial charge >= 0.3 is 0 Å². The predicted molar refractivity (Wildman–Crippen MR) is 176 cm³/mol. The molecule has 5 unspecified atom stereocenters. The molecule has 0 amide bonds. The van der Waals surface area contributed by atoms with Gasteiger partial charge in [-0.3, -0.25) is 0 Å². The molecule has 0 bridgehead atoms. The fourth-order valence-corrected chi connectivity index (χ4v) is 8.26. The Balaban J connectivity index is 2.00. The third kappa shape index (κ3) is 5.37. The highest BCUT2D eigenvalue weighted by Gasteiger charge is 2.75. The Kier molecular flexibility index (Phi) is 10.0. The van der Waals surface area contributed by atoms with Crippen LogP contribution in [0.5, 0.6) is 0 Å². The van der Waals surface area contributed by atoms with Crippen molar-refractivity contribution in [2.24, 2.45) is 11.3 Å². The molecule has 13 nitrogen and oxygen atoms in total. The summed E-state index contributed by atoms with van der Waals surface area (Å²) in [7, 11) is 0. The fraction of sp³-hybridized carbons (Fsp3) is 1.00. The van der Waals surface area contributed by atoms with E-state index in [0.717, 1.165) is 0 Å². The second-order valence-corrected chi connectivity index (χ2v) is 18.1. The summed E-state index contributed by atoms with van der Waals surface area (Å²) in [5.41, 5.74) is -21.6. The zero-order chi connectivity index (χ0) is 37.9. The van der Waals surface area contributed by atoms with Crippen molar-refractivity contribution in [2.45, 2.75) is 171 Å². The van der Waals surface area contributed by atoms with Gasteiger partial charge in [0.25, 0.3) is 0 Å². The maximum absolute atomic E-state index is 12.3. The van der Waals surface area contributed by atoms with Gasteiger partial charge in [-0.15, -0.1) is 0 Å². The van der Waals surface area contributed by atoms with Gasteiger partial charge in [0.05, 0.1) is 56.3 Å². The molecule has 3 saturated heterocycles. The summed E-state index contributed by atoms with van der Waals surface area (Å²) in [6.45, 7) is 21.5. The summed E-state index contributed by atoms with van der Waals surface area (Å²) in [6.07, 6.45) is 0. The monoisotopic (exact) mass is 694 g/mol. The van der Waals surface area contributed by atoms with Crippen LogP contribution in [0.3, 0.4) is 0 Å². The molecule has 8 N–H and O–H groups in total. The van der Waals surface area contributed by atoms with E-state index < -0.39 is 85.2 Å². The largest absolute Gasteiger partial charge is 0.393 e. The molecule has 3 heterocycles. The lowest BCUT2D eigenvalue weighted by atomic mass is 9.52. The molecular formula is C35H66O13. The van der Waals surface area contributed by atoms with Crippen molar-refractivity contribution < 1.29 is 64.5 Å². The molecule has 0 aromatic carbocycles. The van der Waals surface area contributed by atoms with Crippen molar-refractivity contribution in [1.82, 2.24) is 0 Å². The van der Waals surface area contributed by atoms with E-state index in [-0.39, 0.29) is 33.0 Å². The van der Waals surface area contributed by atoms with E-state index in [1.54, 1.807) is 48.5 Å². The van der Waals surface area contributed by atoms with E-state index in [4.69, 9.17) is 23.7 Å². The van der Waals surface area contributed by atoms with E-state index in [9.17, 15) is 40.9 Å². The third-order valence-corrected chi connectivity index (χ3v) is 14.3. The lowest BCUT2D eigenvalue weighted by Crippen LogP contribution is -2.84. The van der Waals surface area contributed by atoms with Crippen LogP contribution >= 0.6 is 0 Å². The van der Waals surface area contributed by atoms with E-state index >= 15 is 0 Å². The SMILES string of the molecule is CC1(C)OCC(C)(O)[C@@](C)(O)[C@@H]1COC[C@]1(C)OC(C)(CO)[C@@](C)(O)[C@@](C)(O)C1(C)COC[C@]1(C)OC(C)(C)C(C)(O)[C@](C)(O)C1(C)O. The first-order valence-electron chi connectivity index (χ1n) is 16.8. The van der Waals surface area contributed by atoms with Gasteiger partial charge in [-0.05, 0) is 96.9 Å². The Hall–Kier alpha value is -0.520. The molecule has 0 saturated carbocycles. The Morgan fingerprint density at radius 1 is 0.542 bits per heavy atom. The van der Waals surface area contributed by atoms with Crippen LogP contribution < -0.4 is 0 Å². The summed E-state index contributed by atoms with van der Waals surface area (Å²) in [5.74, 6) is -0.699. The average molecular weight is 695 g/mol. The molecule has 0 aromatic rings. The minimum atomic E-state index is -2.05. The van der Waals surface area contributed by atoms with Crippen LogP contribution in [0.1, 0.15) is 104 Å². The molecule has 0 radical (unpaired) electrons. The van der Waals surface area contributed by atoms with Crippen molar-refractivity contribution in [1.29, 1.82) is 0 Å². The molecular weight excluding hydrogens is 628 g/mol. The van der Waals surface area contributed by atoms with Gasteiger partial charge in [-0.2, -0.15) is 0 Å². The zero-order valence-electron chi connectivity index (χ0n) is 31.9. The van der Waals surface area contributed by atoms with Gasteiger partial charge < -0.3 is 64.5 Å². The molecule has 3 aliphatic rings. The summed E-state index contributed by atoms with van der Waals surface area (Å²) < 4.78 is 31.3. The Morgan fingerprint density at radius 3 is 1.52 bits per heavy atom. The minimum Gasteiger partial charge on any atom is -0.393 e. The van der Waals surface area contributed by atoms with Crippen LogP contribution in [0.2, 0.25) is 0 Å². The first-order valence-corrected chi connectivity index (χ1v) is 16.8. The summed E-state index contributed by atoms with van der Waals surface area (Å²) >= 11 is 0. The minimum absolute atomic E-state index is 0.0772. The smallest absolute Gasteiger partial charge is 0.124 e. The molecule has 3 rings (SSSR count). The first kappa shape index (κ1) is 41.9. The van der Waals surface area contributed by atoms with Gasteiger partial charge in [0.1, 0.15) is 56.0 Å². The molecule has 0 aromatic heterocycles. The molecule has 0 spiro atoms. The van der Waals surface area contributed by atoms with Crippen molar-refractivity contribution in [2.75, 3.05) is 39.6 Å².